The van der Waals surface area contributed by atoms with Gasteiger partial charge in [-0.05, 0) is 23.6 Å². The Hall–Kier alpha value is -4.29. The van der Waals surface area contributed by atoms with Crippen LogP contribution in [0.15, 0.2) is 91.0 Å². The third-order valence-electron chi connectivity index (χ3n) is 7.02. The first kappa shape index (κ1) is 33.6. The minimum Gasteiger partial charge on any atom is -0.467 e. The molecular formula is C34H39NO10. The van der Waals surface area contributed by atoms with Gasteiger partial charge in [-0.1, -0.05) is 91.0 Å². The van der Waals surface area contributed by atoms with Crippen molar-refractivity contribution < 1.29 is 47.5 Å². The van der Waals surface area contributed by atoms with Crippen LogP contribution in [-0.4, -0.2) is 68.5 Å². The number of ether oxygens (including phenoxy) is 7. The molecule has 0 unspecified atom stereocenters. The normalized spacial score (nSPS) is 21.7. The molecule has 0 saturated carbocycles. The maximum atomic E-state index is 12.6. The molecule has 11 nitrogen and oxygen atoms in total. The van der Waals surface area contributed by atoms with Crippen molar-refractivity contribution in [1.29, 1.82) is 0 Å². The number of benzene rings is 3. The molecule has 240 valence electrons. The van der Waals surface area contributed by atoms with Gasteiger partial charge >= 0.3 is 18.0 Å². The molecule has 1 aliphatic heterocycles. The lowest BCUT2D eigenvalue weighted by molar-refractivity contribution is -0.312. The van der Waals surface area contributed by atoms with E-state index in [9.17, 15) is 14.4 Å². The fraction of sp³-hybridized carbons (Fsp3) is 0.382. The van der Waals surface area contributed by atoms with E-state index in [4.69, 9.17) is 33.2 Å². The Labute approximate surface area is 262 Å². The Kier molecular flexibility index (Phi) is 12.9. The van der Waals surface area contributed by atoms with E-state index in [1.165, 1.54) is 14.0 Å². The number of carbonyl (C=O) groups excluding carboxylic acids is 3. The summed E-state index contributed by atoms with van der Waals surface area (Å²) in [5.74, 6) is -1.35. The highest BCUT2D eigenvalue weighted by Crippen LogP contribution is 2.30. The third kappa shape index (κ3) is 10.4. The number of alkyl carbamates (subject to hydrolysis) is 1. The van der Waals surface area contributed by atoms with Gasteiger partial charge in [0.1, 0.15) is 18.8 Å². The van der Waals surface area contributed by atoms with E-state index in [0.29, 0.717) is 0 Å². The maximum absolute atomic E-state index is 12.6. The van der Waals surface area contributed by atoms with Gasteiger partial charge in [0.25, 0.3) is 0 Å². The van der Waals surface area contributed by atoms with E-state index in [-0.39, 0.29) is 26.4 Å². The van der Waals surface area contributed by atoms with Gasteiger partial charge in [0, 0.05) is 6.92 Å². The molecular weight excluding hydrogens is 582 g/mol. The van der Waals surface area contributed by atoms with Crippen molar-refractivity contribution in [1.82, 2.24) is 5.32 Å². The molecule has 6 atom stereocenters. The summed E-state index contributed by atoms with van der Waals surface area (Å²) in [6.45, 7) is 3.17. The Morgan fingerprint density at radius 3 is 1.76 bits per heavy atom. The van der Waals surface area contributed by atoms with Crippen molar-refractivity contribution in [3.63, 3.8) is 0 Å². The molecule has 0 aromatic heterocycles. The number of nitrogens with one attached hydrogen (secondary N) is 1. The zero-order valence-electron chi connectivity index (χ0n) is 25.5. The highest BCUT2D eigenvalue weighted by atomic mass is 16.7. The predicted octanol–water partition coefficient (Wildman–Crippen LogP) is 4.32. The first-order valence-electron chi connectivity index (χ1n) is 14.6. The molecule has 1 heterocycles. The van der Waals surface area contributed by atoms with Crippen LogP contribution in [0.5, 0.6) is 0 Å². The predicted molar refractivity (Wildman–Crippen MR) is 161 cm³/mol. The monoisotopic (exact) mass is 621 g/mol. The number of hydrogen-bond acceptors (Lipinski definition) is 10. The number of methoxy groups -OCH3 is 1. The Morgan fingerprint density at radius 1 is 0.733 bits per heavy atom. The summed E-state index contributed by atoms with van der Waals surface area (Å²) in [6, 6.07) is 27.0. The van der Waals surface area contributed by atoms with Crippen molar-refractivity contribution >= 4 is 18.0 Å². The number of rotatable bonds is 14. The minimum absolute atomic E-state index is 0.00397. The molecule has 1 saturated heterocycles. The maximum Gasteiger partial charge on any atom is 0.408 e. The molecule has 4 rings (SSSR count). The molecule has 1 amide bonds. The van der Waals surface area contributed by atoms with Crippen molar-refractivity contribution in [2.24, 2.45) is 0 Å². The summed E-state index contributed by atoms with van der Waals surface area (Å²) in [7, 11) is 1.19. The molecule has 0 spiro atoms. The summed E-state index contributed by atoms with van der Waals surface area (Å²) >= 11 is 0. The first-order valence-corrected chi connectivity index (χ1v) is 14.6. The van der Waals surface area contributed by atoms with Crippen LogP contribution in [-0.2, 0) is 62.6 Å². The average Bonchev–Trinajstić information content (AvgIpc) is 3.06. The van der Waals surface area contributed by atoms with Crippen LogP contribution in [0.1, 0.15) is 30.5 Å². The largest absolute Gasteiger partial charge is 0.467 e. The number of esters is 2. The number of hydrogen-bond donors (Lipinski definition) is 1. The van der Waals surface area contributed by atoms with Crippen molar-refractivity contribution in [2.45, 2.75) is 70.4 Å². The molecule has 3 aromatic rings. The molecule has 0 radical (unpaired) electrons. The molecule has 1 N–H and O–H groups in total. The smallest absolute Gasteiger partial charge is 0.408 e. The summed E-state index contributed by atoms with van der Waals surface area (Å²) < 4.78 is 40.6. The summed E-state index contributed by atoms with van der Waals surface area (Å²) in [4.78, 5) is 37.4. The van der Waals surface area contributed by atoms with E-state index in [1.54, 1.807) is 19.1 Å². The Bertz CT molecular complexity index is 1340. The van der Waals surface area contributed by atoms with Gasteiger partial charge in [0.15, 0.2) is 18.4 Å². The van der Waals surface area contributed by atoms with E-state index < -0.39 is 54.8 Å². The topological polar surface area (TPSA) is 128 Å². The second-order valence-corrected chi connectivity index (χ2v) is 10.4. The fourth-order valence-corrected chi connectivity index (χ4v) is 4.79. The van der Waals surface area contributed by atoms with Gasteiger partial charge in [0.2, 0.25) is 0 Å². The van der Waals surface area contributed by atoms with Crippen LogP contribution in [0.2, 0.25) is 0 Å². The SMILES string of the molecule is COC(=O)[C@H](CO[C@H]1O[C@H](C)[C@H](OCc2ccccc2)[C@H](OCc2ccccc2)[C@H]1OC(C)=O)NC(=O)OCc1ccccc1. The van der Waals surface area contributed by atoms with Gasteiger partial charge in [-0.25, -0.2) is 9.59 Å². The summed E-state index contributed by atoms with van der Waals surface area (Å²) in [6.07, 6.45) is -5.13. The lowest BCUT2D eigenvalue weighted by Crippen LogP contribution is -2.61. The Balaban J connectivity index is 1.48. The van der Waals surface area contributed by atoms with Crippen LogP contribution in [0.25, 0.3) is 0 Å². The van der Waals surface area contributed by atoms with Gasteiger partial charge in [-0.15, -0.1) is 0 Å². The van der Waals surface area contributed by atoms with E-state index in [1.807, 2.05) is 78.9 Å². The zero-order chi connectivity index (χ0) is 32.0. The fourth-order valence-electron chi connectivity index (χ4n) is 4.79. The van der Waals surface area contributed by atoms with Gasteiger partial charge < -0.3 is 38.5 Å². The molecule has 45 heavy (non-hydrogen) atoms. The molecule has 1 aliphatic rings. The lowest BCUT2D eigenvalue weighted by atomic mass is 9.98. The van der Waals surface area contributed by atoms with Crippen LogP contribution in [0.4, 0.5) is 4.79 Å². The molecule has 11 heteroatoms. The van der Waals surface area contributed by atoms with Crippen LogP contribution < -0.4 is 5.32 Å². The summed E-state index contributed by atoms with van der Waals surface area (Å²) in [5, 5.41) is 2.47. The third-order valence-corrected chi connectivity index (χ3v) is 7.02. The zero-order valence-corrected chi connectivity index (χ0v) is 25.5. The Morgan fingerprint density at radius 2 is 1.24 bits per heavy atom. The van der Waals surface area contributed by atoms with Crippen molar-refractivity contribution in [3.05, 3.63) is 108 Å². The van der Waals surface area contributed by atoms with Gasteiger partial charge in [-0.2, -0.15) is 0 Å². The number of carbonyl (C=O) groups is 3. The van der Waals surface area contributed by atoms with E-state index >= 15 is 0 Å². The molecule has 0 aliphatic carbocycles. The van der Waals surface area contributed by atoms with Crippen LogP contribution >= 0.6 is 0 Å². The van der Waals surface area contributed by atoms with Crippen LogP contribution in [0.3, 0.4) is 0 Å². The highest BCUT2D eigenvalue weighted by molar-refractivity contribution is 5.81. The molecule has 0 bridgehead atoms. The first-order chi connectivity index (χ1) is 21.8. The van der Waals surface area contributed by atoms with Gasteiger partial charge in [0.05, 0.1) is 33.0 Å². The summed E-state index contributed by atoms with van der Waals surface area (Å²) in [5.41, 5.74) is 2.62. The standard InChI is InChI=1S/C34H39NO10/c1-23-29(40-19-25-13-7-4-8-14-25)30(41-20-26-15-9-5-10-16-26)31(45-24(2)36)33(44-23)42-22-28(32(37)39-3)35-34(38)43-21-27-17-11-6-12-18-27/h4-18,23,28-31,33H,19-22H2,1-3H3,(H,35,38)/t23-,28+,29+,30+,31-,33+/m1/s1. The van der Waals surface area contributed by atoms with E-state index in [2.05, 4.69) is 5.32 Å². The molecule has 3 aromatic carbocycles. The number of amides is 1. The second-order valence-electron chi connectivity index (χ2n) is 10.4. The van der Waals surface area contributed by atoms with Crippen molar-refractivity contribution in [2.75, 3.05) is 13.7 Å². The van der Waals surface area contributed by atoms with Gasteiger partial charge in [-0.3, -0.25) is 4.79 Å². The lowest BCUT2D eigenvalue weighted by Gasteiger charge is -2.44. The average molecular weight is 622 g/mol. The molecule has 1 fully saturated rings. The van der Waals surface area contributed by atoms with Crippen LogP contribution in [0, 0.1) is 0 Å². The van der Waals surface area contributed by atoms with E-state index in [0.717, 1.165) is 16.7 Å². The second kappa shape index (κ2) is 17.3. The minimum atomic E-state index is -1.24. The highest BCUT2D eigenvalue weighted by Gasteiger charge is 2.49. The quantitative estimate of drug-likeness (QED) is 0.205. The van der Waals surface area contributed by atoms with Crippen molar-refractivity contribution in [3.8, 4) is 0 Å².